The maximum absolute atomic E-state index is 5.79. The van der Waals surface area contributed by atoms with Gasteiger partial charge >= 0.3 is 0 Å². The highest BCUT2D eigenvalue weighted by Gasteiger charge is 2.05. The number of hydrogen-bond donors (Lipinski definition) is 0. The topological polar surface area (TPSA) is 18.5 Å². The third-order valence-electron chi connectivity index (χ3n) is 2.54. The van der Waals surface area contributed by atoms with Crippen LogP contribution >= 0.6 is 0 Å². The Morgan fingerprint density at radius 3 is 2.44 bits per heavy atom. The molecule has 0 saturated carbocycles. The first-order chi connectivity index (χ1) is 7.75. The van der Waals surface area contributed by atoms with Gasteiger partial charge < -0.3 is 9.47 Å². The molecular weight excluding hydrogens is 200 g/mol. The number of para-hydroxylation sites is 1. The van der Waals surface area contributed by atoms with Gasteiger partial charge in [0.2, 0.25) is 0 Å². The molecule has 0 atom stereocenters. The molecule has 0 saturated heterocycles. The fourth-order valence-electron chi connectivity index (χ4n) is 1.62. The molecule has 0 bridgehead atoms. The quantitative estimate of drug-likeness (QED) is 0.656. The third kappa shape index (κ3) is 4.23. The van der Waals surface area contributed by atoms with E-state index in [4.69, 9.17) is 9.47 Å². The Balaban J connectivity index is 2.41. The second-order valence-electron chi connectivity index (χ2n) is 4.24. The van der Waals surface area contributed by atoms with Crippen LogP contribution in [0.5, 0.6) is 5.75 Å². The Morgan fingerprint density at radius 2 is 1.75 bits per heavy atom. The van der Waals surface area contributed by atoms with E-state index in [1.807, 2.05) is 12.1 Å². The molecule has 90 valence electrons. The number of unbranched alkanes of at least 4 members (excludes halogenated alkanes) is 1. The Kier molecular flexibility index (Phi) is 5.94. The van der Waals surface area contributed by atoms with E-state index in [0.29, 0.717) is 5.92 Å². The van der Waals surface area contributed by atoms with Crippen molar-refractivity contribution >= 4 is 0 Å². The van der Waals surface area contributed by atoms with Crippen LogP contribution in [0.3, 0.4) is 0 Å². The molecular formula is C14H22O2. The number of rotatable bonds is 7. The predicted octanol–water partition coefficient (Wildman–Crippen LogP) is 3.62. The van der Waals surface area contributed by atoms with Crippen molar-refractivity contribution in [2.75, 3.05) is 20.3 Å². The maximum Gasteiger partial charge on any atom is 0.122 e. The Morgan fingerprint density at radius 1 is 1.06 bits per heavy atom. The van der Waals surface area contributed by atoms with Crippen LogP contribution < -0.4 is 4.74 Å². The molecule has 1 aromatic carbocycles. The van der Waals surface area contributed by atoms with Crippen molar-refractivity contribution in [1.82, 2.24) is 0 Å². The fourth-order valence-corrected chi connectivity index (χ4v) is 1.62. The lowest BCUT2D eigenvalue weighted by Crippen LogP contribution is -2.02. The summed E-state index contributed by atoms with van der Waals surface area (Å²) in [6.07, 6.45) is 2.10. The van der Waals surface area contributed by atoms with E-state index in [9.17, 15) is 0 Å². The van der Waals surface area contributed by atoms with Crippen molar-refractivity contribution in [3.63, 3.8) is 0 Å². The molecule has 0 aliphatic carbocycles. The molecule has 0 aliphatic rings. The van der Waals surface area contributed by atoms with Gasteiger partial charge in [0.05, 0.1) is 6.61 Å². The summed E-state index contributed by atoms with van der Waals surface area (Å²) in [4.78, 5) is 0. The Bertz CT molecular complexity index is 295. The van der Waals surface area contributed by atoms with Crippen molar-refractivity contribution in [1.29, 1.82) is 0 Å². The van der Waals surface area contributed by atoms with Crippen molar-refractivity contribution in [2.45, 2.75) is 32.6 Å². The van der Waals surface area contributed by atoms with Gasteiger partial charge in [-0.1, -0.05) is 32.0 Å². The molecule has 16 heavy (non-hydrogen) atoms. The van der Waals surface area contributed by atoms with E-state index < -0.39 is 0 Å². The average Bonchev–Trinajstić information content (AvgIpc) is 2.29. The number of methoxy groups -OCH3 is 1. The maximum atomic E-state index is 5.79. The first-order valence-corrected chi connectivity index (χ1v) is 5.96. The van der Waals surface area contributed by atoms with Crippen LogP contribution in [0.2, 0.25) is 0 Å². The first kappa shape index (κ1) is 13.0. The van der Waals surface area contributed by atoms with Gasteiger partial charge in [-0.3, -0.25) is 0 Å². The van der Waals surface area contributed by atoms with Crippen LogP contribution in [0.4, 0.5) is 0 Å². The van der Waals surface area contributed by atoms with Crippen molar-refractivity contribution < 1.29 is 9.47 Å². The second kappa shape index (κ2) is 7.29. The van der Waals surface area contributed by atoms with Crippen LogP contribution in [0, 0.1) is 0 Å². The highest BCUT2D eigenvalue weighted by molar-refractivity contribution is 5.35. The van der Waals surface area contributed by atoms with Crippen molar-refractivity contribution in [3.8, 4) is 5.75 Å². The SMILES string of the molecule is COCCCCOc1ccccc1C(C)C. The molecule has 0 amide bonds. The largest absolute Gasteiger partial charge is 0.493 e. The van der Waals surface area contributed by atoms with Gasteiger partial charge in [-0.25, -0.2) is 0 Å². The minimum atomic E-state index is 0.509. The zero-order chi connectivity index (χ0) is 11.8. The normalized spacial score (nSPS) is 10.8. The van der Waals surface area contributed by atoms with Gasteiger partial charge in [0.25, 0.3) is 0 Å². The van der Waals surface area contributed by atoms with Crippen LogP contribution in [0.25, 0.3) is 0 Å². The fraction of sp³-hybridized carbons (Fsp3) is 0.571. The summed E-state index contributed by atoms with van der Waals surface area (Å²) in [6, 6.07) is 8.27. The molecule has 1 aromatic rings. The number of hydrogen-bond acceptors (Lipinski definition) is 2. The lowest BCUT2D eigenvalue weighted by Gasteiger charge is -2.13. The number of benzene rings is 1. The van der Waals surface area contributed by atoms with E-state index in [0.717, 1.165) is 31.8 Å². The smallest absolute Gasteiger partial charge is 0.122 e. The van der Waals surface area contributed by atoms with E-state index >= 15 is 0 Å². The first-order valence-electron chi connectivity index (χ1n) is 5.96. The van der Waals surface area contributed by atoms with E-state index in [2.05, 4.69) is 26.0 Å². The van der Waals surface area contributed by atoms with Gasteiger partial charge in [0.1, 0.15) is 5.75 Å². The molecule has 2 nitrogen and oxygen atoms in total. The van der Waals surface area contributed by atoms with Crippen LogP contribution in [0.1, 0.15) is 38.2 Å². The summed E-state index contributed by atoms with van der Waals surface area (Å²) in [5.41, 5.74) is 1.29. The van der Waals surface area contributed by atoms with E-state index in [1.165, 1.54) is 5.56 Å². The summed E-state index contributed by atoms with van der Waals surface area (Å²) in [6.45, 7) is 5.96. The van der Waals surface area contributed by atoms with Gasteiger partial charge in [-0.2, -0.15) is 0 Å². The molecule has 0 N–H and O–H groups in total. The molecule has 0 fully saturated rings. The summed E-state index contributed by atoms with van der Waals surface area (Å²) < 4.78 is 10.8. The summed E-state index contributed by atoms with van der Waals surface area (Å²) in [5, 5.41) is 0. The molecule has 0 radical (unpaired) electrons. The van der Waals surface area contributed by atoms with Crippen LogP contribution in [-0.2, 0) is 4.74 Å². The van der Waals surface area contributed by atoms with E-state index in [1.54, 1.807) is 7.11 Å². The van der Waals surface area contributed by atoms with Crippen molar-refractivity contribution in [3.05, 3.63) is 29.8 Å². The standard InChI is InChI=1S/C14H22O2/c1-12(2)13-8-4-5-9-14(13)16-11-7-6-10-15-3/h4-5,8-9,12H,6-7,10-11H2,1-3H3. The molecule has 0 spiro atoms. The van der Waals surface area contributed by atoms with Gasteiger partial charge in [-0.15, -0.1) is 0 Å². The summed E-state index contributed by atoms with van der Waals surface area (Å²) >= 11 is 0. The molecule has 0 unspecified atom stereocenters. The Labute approximate surface area is 98.6 Å². The molecule has 0 aromatic heterocycles. The third-order valence-corrected chi connectivity index (χ3v) is 2.54. The van der Waals surface area contributed by atoms with Crippen molar-refractivity contribution in [2.24, 2.45) is 0 Å². The summed E-state index contributed by atoms with van der Waals surface area (Å²) in [7, 11) is 1.73. The predicted molar refractivity (Wildman–Crippen MR) is 67.1 cm³/mol. The lowest BCUT2D eigenvalue weighted by molar-refractivity contribution is 0.184. The molecule has 0 heterocycles. The molecule has 2 heteroatoms. The minimum Gasteiger partial charge on any atom is -0.493 e. The highest BCUT2D eigenvalue weighted by atomic mass is 16.5. The monoisotopic (exact) mass is 222 g/mol. The van der Waals surface area contributed by atoms with E-state index in [-0.39, 0.29) is 0 Å². The zero-order valence-corrected chi connectivity index (χ0v) is 10.5. The van der Waals surface area contributed by atoms with Gasteiger partial charge in [0, 0.05) is 13.7 Å². The molecule has 0 aliphatic heterocycles. The average molecular weight is 222 g/mol. The summed E-state index contributed by atoms with van der Waals surface area (Å²) in [5.74, 6) is 1.53. The van der Waals surface area contributed by atoms with Crippen LogP contribution in [0.15, 0.2) is 24.3 Å². The lowest BCUT2D eigenvalue weighted by atomic mass is 10.0. The Hall–Kier alpha value is -1.02. The van der Waals surface area contributed by atoms with Gasteiger partial charge in [-0.05, 0) is 30.4 Å². The zero-order valence-electron chi connectivity index (χ0n) is 10.5. The van der Waals surface area contributed by atoms with Gasteiger partial charge in [0.15, 0.2) is 0 Å². The molecule has 1 rings (SSSR count). The second-order valence-corrected chi connectivity index (χ2v) is 4.24. The highest BCUT2D eigenvalue weighted by Crippen LogP contribution is 2.25. The minimum absolute atomic E-state index is 0.509. The number of ether oxygens (including phenoxy) is 2. The van der Waals surface area contributed by atoms with Crippen LogP contribution in [-0.4, -0.2) is 20.3 Å².